The summed E-state index contributed by atoms with van der Waals surface area (Å²) < 4.78 is 1.70. The Labute approximate surface area is 81.1 Å². The van der Waals surface area contributed by atoms with Crippen molar-refractivity contribution in [2.45, 2.75) is 35.7 Å². The van der Waals surface area contributed by atoms with Crippen LogP contribution in [0.1, 0.15) is 19.3 Å². The number of hydrogen-bond acceptors (Lipinski definition) is 5. The van der Waals surface area contributed by atoms with E-state index in [0.29, 0.717) is 11.3 Å². The van der Waals surface area contributed by atoms with Crippen molar-refractivity contribution < 1.29 is 0 Å². The van der Waals surface area contributed by atoms with Crippen molar-refractivity contribution in [2.75, 3.05) is 0 Å². The van der Waals surface area contributed by atoms with Crippen molar-refractivity contribution in [3.63, 3.8) is 0 Å². The Morgan fingerprint density at radius 2 is 2.38 bits per heavy atom. The van der Waals surface area contributed by atoms with Gasteiger partial charge in [-0.1, -0.05) is 11.8 Å². The highest BCUT2D eigenvalue weighted by Crippen LogP contribution is 2.32. The van der Waals surface area contributed by atoms with E-state index in [-0.39, 0.29) is 0 Å². The zero-order chi connectivity index (χ0) is 9.26. The molecule has 2 N–H and O–H groups in total. The van der Waals surface area contributed by atoms with Gasteiger partial charge < -0.3 is 5.73 Å². The lowest BCUT2D eigenvalue weighted by molar-refractivity contribution is 0.662. The Bertz CT molecular complexity index is 286. The van der Waals surface area contributed by atoms with Crippen molar-refractivity contribution in [2.24, 2.45) is 12.8 Å². The molecular weight excluding hydrogens is 186 g/mol. The fraction of sp³-hybridized carbons (Fsp3) is 0.857. The van der Waals surface area contributed by atoms with Crippen molar-refractivity contribution in [3.05, 3.63) is 0 Å². The lowest BCUT2D eigenvalue weighted by Gasteiger charge is -2.06. The molecule has 1 aliphatic carbocycles. The van der Waals surface area contributed by atoms with Crippen molar-refractivity contribution in [3.8, 4) is 0 Å². The maximum absolute atomic E-state index is 5.82. The zero-order valence-corrected chi connectivity index (χ0v) is 8.37. The first-order chi connectivity index (χ1) is 6.25. The highest BCUT2D eigenvalue weighted by Gasteiger charge is 2.24. The van der Waals surface area contributed by atoms with Crippen LogP contribution in [-0.4, -0.2) is 31.5 Å². The molecule has 0 saturated heterocycles. The lowest BCUT2D eigenvalue weighted by Crippen LogP contribution is -2.15. The molecule has 0 amide bonds. The minimum absolute atomic E-state index is 0.374. The second-order valence-corrected chi connectivity index (χ2v) is 4.67. The highest BCUT2D eigenvalue weighted by atomic mass is 32.2. The second kappa shape index (κ2) is 3.63. The number of nitrogens with two attached hydrogens (primary N) is 1. The molecule has 5 nitrogen and oxygen atoms in total. The fourth-order valence-electron chi connectivity index (χ4n) is 1.55. The van der Waals surface area contributed by atoms with Crippen LogP contribution < -0.4 is 5.73 Å². The number of hydrogen-bond donors (Lipinski definition) is 1. The summed E-state index contributed by atoms with van der Waals surface area (Å²) in [5, 5.41) is 12.8. The summed E-state index contributed by atoms with van der Waals surface area (Å²) in [6, 6.07) is 0.374. The first-order valence-corrected chi connectivity index (χ1v) is 5.28. The number of nitrogens with zero attached hydrogens (tertiary/aromatic N) is 4. The van der Waals surface area contributed by atoms with Gasteiger partial charge in [0.25, 0.3) is 0 Å². The molecule has 72 valence electrons. The molecule has 0 radical (unpaired) electrons. The molecule has 0 spiro atoms. The third-order valence-electron chi connectivity index (χ3n) is 2.28. The molecule has 0 bridgehead atoms. The van der Waals surface area contributed by atoms with E-state index >= 15 is 0 Å². The minimum Gasteiger partial charge on any atom is -0.328 e. The van der Waals surface area contributed by atoms with E-state index < -0.39 is 0 Å². The summed E-state index contributed by atoms with van der Waals surface area (Å²) in [6.45, 7) is 0. The summed E-state index contributed by atoms with van der Waals surface area (Å²) in [6.07, 6.45) is 3.39. The molecule has 1 aromatic rings. The molecule has 1 saturated carbocycles. The summed E-state index contributed by atoms with van der Waals surface area (Å²) in [7, 11) is 1.86. The standard InChI is InChI=1S/C7H13N5S/c1-12-7(9-10-11-12)13-6-3-2-5(8)4-6/h5-6H,2-4,8H2,1H3. The van der Waals surface area contributed by atoms with Gasteiger partial charge >= 0.3 is 0 Å². The Hall–Kier alpha value is -0.620. The lowest BCUT2D eigenvalue weighted by atomic mass is 10.3. The summed E-state index contributed by atoms with van der Waals surface area (Å²) in [4.78, 5) is 0. The largest absolute Gasteiger partial charge is 0.328 e. The Kier molecular flexibility index (Phi) is 2.50. The molecule has 1 aliphatic rings. The summed E-state index contributed by atoms with van der Waals surface area (Å²) in [5.74, 6) is 0. The van der Waals surface area contributed by atoms with E-state index in [0.717, 1.165) is 18.0 Å². The van der Waals surface area contributed by atoms with Gasteiger partial charge in [-0.15, -0.1) is 5.10 Å². The monoisotopic (exact) mass is 199 g/mol. The van der Waals surface area contributed by atoms with E-state index in [1.54, 1.807) is 16.4 Å². The molecule has 0 aliphatic heterocycles. The molecule has 2 unspecified atom stereocenters. The number of thioether (sulfide) groups is 1. The molecule has 2 rings (SSSR count). The van der Waals surface area contributed by atoms with Crippen LogP contribution in [-0.2, 0) is 7.05 Å². The van der Waals surface area contributed by atoms with Gasteiger partial charge in [-0.3, -0.25) is 0 Å². The molecule has 1 aromatic heterocycles. The van der Waals surface area contributed by atoms with Crippen LogP contribution in [0.25, 0.3) is 0 Å². The third kappa shape index (κ3) is 2.00. The van der Waals surface area contributed by atoms with E-state index in [4.69, 9.17) is 5.73 Å². The zero-order valence-electron chi connectivity index (χ0n) is 7.55. The smallest absolute Gasteiger partial charge is 0.209 e. The average Bonchev–Trinajstić information content (AvgIpc) is 2.64. The Morgan fingerprint density at radius 1 is 1.54 bits per heavy atom. The van der Waals surface area contributed by atoms with Crippen molar-refractivity contribution in [1.29, 1.82) is 0 Å². The van der Waals surface area contributed by atoms with Crippen LogP contribution >= 0.6 is 11.8 Å². The van der Waals surface area contributed by atoms with Crippen molar-refractivity contribution in [1.82, 2.24) is 20.2 Å². The van der Waals surface area contributed by atoms with Gasteiger partial charge in [0.15, 0.2) is 0 Å². The SMILES string of the molecule is Cn1nnnc1SC1CCC(N)C1. The minimum atomic E-state index is 0.374. The summed E-state index contributed by atoms with van der Waals surface area (Å²) >= 11 is 1.74. The van der Waals surface area contributed by atoms with Crippen LogP contribution in [0.5, 0.6) is 0 Å². The molecule has 1 fully saturated rings. The van der Waals surface area contributed by atoms with Crippen molar-refractivity contribution >= 4 is 11.8 Å². The van der Waals surface area contributed by atoms with Gasteiger partial charge in [-0.05, 0) is 29.7 Å². The third-order valence-corrected chi connectivity index (χ3v) is 3.60. The Morgan fingerprint density at radius 3 is 2.92 bits per heavy atom. The molecule has 6 heteroatoms. The first kappa shape index (κ1) is 8.96. The quantitative estimate of drug-likeness (QED) is 0.736. The van der Waals surface area contributed by atoms with Gasteiger partial charge in [0.1, 0.15) is 0 Å². The normalized spacial score (nSPS) is 28.2. The topological polar surface area (TPSA) is 69.6 Å². The van der Waals surface area contributed by atoms with E-state index in [1.165, 1.54) is 6.42 Å². The maximum atomic E-state index is 5.82. The molecule has 1 heterocycles. The molecule has 0 aromatic carbocycles. The highest BCUT2D eigenvalue weighted by molar-refractivity contribution is 7.99. The average molecular weight is 199 g/mol. The van der Waals surface area contributed by atoms with Gasteiger partial charge in [-0.2, -0.15) is 0 Å². The van der Waals surface area contributed by atoms with Crippen LogP contribution in [0, 0.1) is 0 Å². The first-order valence-electron chi connectivity index (χ1n) is 4.40. The summed E-state index contributed by atoms with van der Waals surface area (Å²) in [5.41, 5.74) is 5.82. The van der Waals surface area contributed by atoms with Crippen LogP contribution in [0.2, 0.25) is 0 Å². The van der Waals surface area contributed by atoms with Gasteiger partial charge in [0, 0.05) is 18.3 Å². The molecule has 13 heavy (non-hydrogen) atoms. The van der Waals surface area contributed by atoms with E-state index in [2.05, 4.69) is 15.5 Å². The molecular formula is C7H13N5S. The van der Waals surface area contributed by atoms with Gasteiger partial charge in [-0.25, -0.2) is 4.68 Å². The number of tetrazole rings is 1. The van der Waals surface area contributed by atoms with Crippen LogP contribution in [0.4, 0.5) is 0 Å². The second-order valence-electron chi connectivity index (χ2n) is 3.40. The van der Waals surface area contributed by atoms with Crippen LogP contribution in [0.3, 0.4) is 0 Å². The maximum Gasteiger partial charge on any atom is 0.209 e. The van der Waals surface area contributed by atoms with E-state index in [1.807, 2.05) is 7.05 Å². The number of aromatic nitrogens is 4. The number of rotatable bonds is 2. The van der Waals surface area contributed by atoms with E-state index in [9.17, 15) is 0 Å². The predicted octanol–water partition coefficient (Wildman–Crippen LogP) is 0.182. The van der Waals surface area contributed by atoms with Gasteiger partial charge in [0.2, 0.25) is 5.16 Å². The fourth-order valence-corrected chi connectivity index (χ4v) is 2.72. The van der Waals surface area contributed by atoms with Crippen LogP contribution in [0.15, 0.2) is 5.16 Å². The predicted molar refractivity (Wildman–Crippen MR) is 50.3 cm³/mol. The Balaban J connectivity index is 1.95. The molecule has 2 atom stereocenters. The number of aryl methyl sites for hydroxylation is 1. The van der Waals surface area contributed by atoms with Gasteiger partial charge in [0.05, 0.1) is 0 Å².